The van der Waals surface area contributed by atoms with Crippen molar-refractivity contribution in [3.8, 4) is 0 Å². The van der Waals surface area contributed by atoms with E-state index in [1.165, 1.54) is 10.6 Å². The normalized spacial score (nSPS) is 17.9. The van der Waals surface area contributed by atoms with Gasteiger partial charge >= 0.3 is 0 Å². The number of piperidine rings is 1. The first-order chi connectivity index (χ1) is 9.38. The van der Waals surface area contributed by atoms with E-state index in [9.17, 15) is 13.2 Å². The van der Waals surface area contributed by atoms with Crippen molar-refractivity contribution in [1.29, 1.82) is 0 Å². The predicted octanol–water partition coefficient (Wildman–Crippen LogP) is 1.49. The lowest BCUT2D eigenvalue weighted by molar-refractivity contribution is 0.0924. The molecule has 0 radical (unpaired) electrons. The summed E-state index contributed by atoms with van der Waals surface area (Å²) >= 11 is 5.97. The summed E-state index contributed by atoms with van der Waals surface area (Å²) in [6.45, 7) is 0.874. The SMILES string of the molecule is CS(=O)(=O)N1CCC(NC(=O)c2ccccc2Cl)CC1. The number of sulfonamides is 1. The molecule has 0 unspecified atom stereocenters. The molecule has 1 N–H and O–H groups in total. The molecule has 0 saturated carbocycles. The van der Waals surface area contributed by atoms with Gasteiger partial charge in [0.1, 0.15) is 0 Å². The van der Waals surface area contributed by atoms with Crippen LogP contribution in [0.15, 0.2) is 24.3 Å². The van der Waals surface area contributed by atoms with Gasteiger partial charge in [0.05, 0.1) is 16.8 Å². The van der Waals surface area contributed by atoms with E-state index in [2.05, 4.69) is 5.32 Å². The van der Waals surface area contributed by atoms with Crippen molar-refractivity contribution in [3.63, 3.8) is 0 Å². The number of hydrogen-bond acceptors (Lipinski definition) is 3. The fourth-order valence-electron chi connectivity index (χ4n) is 2.24. The van der Waals surface area contributed by atoms with Crippen LogP contribution < -0.4 is 5.32 Å². The van der Waals surface area contributed by atoms with E-state index in [0.717, 1.165) is 0 Å². The van der Waals surface area contributed by atoms with Gasteiger partial charge in [-0.25, -0.2) is 12.7 Å². The molecule has 1 fully saturated rings. The Hall–Kier alpha value is -1.11. The molecular formula is C13H17ClN2O3S. The molecule has 110 valence electrons. The van der Waals surface area contributed by atoms with Crippen molar-refractivity contribution in [2.45, 2.75) is 18.9 Å². The lowest BCUT2D eigenvalue weighted by Gasteiger charge is -2.30. The van der Waals surface area contributed by atoms with E-state index in [-0.39, 0.29) is 11.9 Å². The molecule has 5 nitrogen and oxygen atoms in total. The number of carbonyl (C=O) groups is 1. The van der Waals surface area contributed by atoms with Crippen LogP contribution in [0.25, 0.3) is 0 Å². The lowest BCUT2D eigenvalue weighted by Crippen LogP contribution is -2.46. The summed E-state index contributed by atoms with van der Waals surface area (Å²) < 4.78 is 24.2. The lowest BCUT2D eigenvalue weighted by atomic mass is 10.1. The van der Waals surface area contributed by atoms with Crippen molar-refractivity contribution in [1.82, 2.24) is 9.62 Å². The fourth-order valence-corrected chi connectivity index (χ4v) is 3.34. The summed E-state index contributed by atoms with van der Waals surface area (Å²) in [5.74, 6) is -0.214. The Bertz CT molecular complexity index is 595. The van der Waals surface area contributed by atoms with Crippen molar-refractivity contribution in [2.75, 3.05) is 19.3 Å². The molecule has 1 aromatic carbocycles. The summed E-state index contributed by atoms with van der Waals surface area (Å²) in [7, 11) is -3.14. The second-order valence-corrected chi connectivity index (χ2v) is 7.28. The first-order valence-corrected chi connectivity index (χ1v) is 8.61. The van der Waals surface area contributed by atoms with E-state index in [1.54, 1.807) is 24.3 Å². The van der Waals surface area contributed by atoms with E-state index >= 15 is 0 Å². The molecular weight excluding hydrogens is 300 g/mol. The van der Waals surface area contributed by atoms with Crippen molar-refractivity contribution < 1.29 is 13.2 Å². The monoisotopic (exact) mass is 316 g/mol. The quantitative estimate of drug-likeness (QED) is 0.919. The van der Waals surface area contributed by atoms with Gasteiger partial charge in [-0.1, -0.05) is 23.7 Å². The van der Waals surface area contributed by atoms with Crippen molar-refractivity contribution in [3.05, 3.63) is 34.9 Å². The molecule has 1 aliphatic rings. The van der Waals surface area contributed by atoms with Crippen LogP contribution in [0.3, 0.4) is 0 Å². The van der Waals surface area contributed by atoms with Crippen LogP contribution in [-0.4, -0.2) is 44.0 Å². The Labute approximate surface area is 124 Å². The number of rotatable bonds is 3. The molecule has 0 atom stereocenters. The summed E-state index contributed by atoms with van der Waals surface area (Å²) in [6.07, 6.45) is 2.43. The van der Waals surface area contributed by atoms with Crippen LogP contribution in [0.4, 0.5) is 0 Å². The molecule has 1 heterocycles. The average Bonchev–Trinajstić information content (AvgIpc) is 2.38. The number of nitrogens with zero attached hydrogens (tertiary/aromatic N) is 1. The number of benzene rings is 1. The highest BCUT2D eigenvalue weighted by Crippen LogP contribution is 2.17. The van der Waals surface area contributed by atoms with Crippen LogP contribution in [0.2, 0.25) is 5.02 Å². The van der Waals surface area contributed by atoms with Gasteiger partial charge in [0.15, 0.2) is 0 Å². The number of amides is 1. The summed E-state index contributed by atoms with van der Waals surface area (Å²) in [6, 6.07) is 6.85. The zero-order chi connectivity index (χ0) is 14.8. The zero-order valence-electron chi connectivity index (χ0n) is 11.2. The molecule has 1 saturated heterocycles. The Morgan fingerprint density at radius 2 is 1.90 bits per heavy atom. The maximum Gasteiger partial charge on any atom is 0.253 e. The fraction of sp³-hybridized carbons (Fsp3) is 0.462. The Morgan fingerprint density at radius 1 is 1.30 bits per heavy atom. The van der Waals surface area contributed by atoms with Gasteiger partial charge in [-0.2, -0.15) is 0 Å². The Kier molecular flexibility index (Phi) is 4.67. The van der Waals surface area contributed by atoms with Gasteiger partial charge in [-0.15, -0.1) is 0 Å². The smallest absolute Gasteiger partial charge is 0.253 e. The van der Waals surface area contributed by atoms with Gasteiger partial charge in [-0.3, -0.25) is 4.79 Å². The molecule has 1 amide bonds. The van der Waals surface area contributed by atoms with Crippen molar-refractivity contribution in [2.24, 2.45) is 0 Å². The summed E-state index contributed by atoms with van der Waals surface area (Å²) in [4.78, 5) is 12.1. The average molecular weight is 317 g/mol. The third-order valence-corrected chi connectivity index (χ3v) is 5.01. The number of halogens is 1. The van der Waals surface area contributed by atoms with Gasteiger partial charge in [0, 0.05) is 19.1 Å². The number of hydrogen-bond donors (Lipinski definition) is 1. The minimum Gasteiger partial charge on any atom is -0.349 e. The van der Waals surface area contributed by atoms with Gasteiger partial charge in [-0.05, 0) is 25.0 Å². The summed E-state index contributed by atoms with van der Waals surface area (Å²) in [5, 5.41) is 3.32. The molecule has 1 aliphatic heterocycles. The predicted molar refractivity (Wildman–Crippen MR) is 78.4 cm³/mol. The largest absolute Gasteiger partial charge is 0.349 e. The van der Waals surface area contributed by atoms with E-state index in [0.29, 0.717) is 36.5 Å². The minimum atomic E-state index is -3.14. The molecule has 7 heteroatoms. The molecule has 0 aromatic heterocycles. The van der Waals surface area contributed by atoms with Gasteiger partial charge in [0.2, 0.25) is 10.0 Å². The van der Waals surface area contributed by atoms with Crippen molar-refractivity contribution >= 4 is 27.5 Å². The highest BCUT2D eigenvalue weighted by molar-refractivity contribution is 7.88. The van der Waals surface area contributed by atoms with Crippen LogP contribution in [0.5, 0.6) is 0 Å². The van der Waals surface area contributed by atoms with E-state index in [4.69, 9.17) is 11.6 Å². The van der Waals surface area contributed by atoms with E-state index in [1.807, 2.05) is 0 Å². The second kappa shape index (κ2) is 6.11. The molecule has 1 aromatic rings. The van der Waals surface area contributed by atoms with Crippen LogP contribution in [-0.2, 0) is 10.0 Å². The third-order valence-electron chi connectivity index (χ3n) is 3.38. The zero-order valence-corrected chi connectivity index (χ0v) is 12.7. The van der Waals surface area contributed by atoms with E-state index < -0.39 is 10.0 Å². The first kappa shape index (κ1) is 15.3. The highest BCUT2D eigenvalue weighted by atomic mass is 35.5. The van der Waals surface area contributed by atoms with Crippen LogP contribution in [0.1, 0.15) is 23.2 Å². The summed E-state index contributed by atoms with van der Waals surface area (Å²) in [5.41, 5.74) is 0.444. The Morgan fingerprint density at radius 3 is 2.45 bits per heavy atom. The molecule has 20 heavy (non-hydrogen) atoms. The van der Waals surface area contributed by atoms with Crippen LogP contribution in [0, 0.1) is 0 Å². The van der Waals surface area contributed by atoms with Gasteiger partial charge < -0.3 is 5.32 Å². The minimum absolute atomic E-state index is 0.0169. The highest BCUT2D eigenvalue weighted by Gasteiger charge is 2.26. The standard InChI is InChI=1S/C13H17ClN2O3S/c1-20(18,19)16-8-6-10(7-9-16)15-13(17)11-4-2-3-5-12(11)14/h2-5,10H,6-9H2,1H3,(H,15,17). The topological polar surface area (TPSA) is 66.5 Å². The number of carbonyl (C=O) groups excluding carboxylic acids is 1. The van der Waals surface area contributed by atoms with Gasteiger partial charge in [0.25, 0.3) is 5.91 Å². The van der Waals surface area contributed by atoms with Crippen LogP contribution >= 0.6 is 11.6 Å². The maximum atomic E-state index is 12.1. The second-order valence-electron chi connectivity index (χ2n) is 4.89. The molecule has 0 aliphatic carbocycles. The molecule has 2 rings (SSSR count). The first-order valence-electron chi connectivity index (χ1n) is 6.38. The Balaban J connectivity index is 1.93. The third kappa shape index (κ3) is 3.71. The molecule has 0 bridgehead atoms. The molecule has 0 spiro atoms. The number of nitrogens with one attached hydrogen (secondary N) is 1. The maximum absolute atomic E-state index is 12.1.